The fraction of sp³-hybridized carbons (Fsp3) is 0.294. The SMILES string of the molecule is COc1cc(C2CCN(c3cccn4c(N5CCC(=O)NC5=O)cnc34)CC2)ccc1-c1ccc(F)c2[nH]c(C(=O)N(C)C)cc12. The molecule has 4 amide bonds. The first kappa shape index (κ1) is 29.3. The van der Waals surface area contributed by atoms with Gasteiger partial charge in [-0.15, -0.1) is 0 Å². The number of urea groups is 1. The van der Waals surface area contributed by atoms with E-state index in [0.717, 1.165) is 48.4 Å². The number of halogens is 1. The van der Waals surface area contributed by atoms with E-state index in [1.807, 2.05) is 28.8 Å². The molecule has 0 saturated carbocycles. The maximum absolute atomic E-state index is 14.8. The van der Waals surface area contributed by atoms with Gasteiger partial charge >= 0.3 is 6.03 Å². The van der Waals surface area contributed by atoms with Gasteiger partial charge in [-0.1, -0.05) is 18.2 Å². The first-order valence-electron chi connectivity index (χ1n) is 15.3. The van der Waals surface area contributed by atoms with E-state index in [-0.39, 0.29) is 23.8 Å². The van der Waals surface area contributed by atoms with Crippen molar-refractivity contribution in [2.24, 2.45) is 0 Å². The quantitative estimate of drug-likeness (QED) is 0.270. The Bertz CT molecular complexity index is 2010. The van der Waals surface area contributed by atoms with Crippen LogP contribution in [0.15, 0.2) is 60.9 Å². The van der Waals surface area contributed by atoms with Gasteiger partial charge in [0, 0.05) is 57.3 Å². The minimum Gasteiger partial charge on any atom is -0.496 e. The third kappa shape index (κ3) is 4.99. The molecule has 3 aromatic heterocycles. The van der Waals surface area contributed by atoms with Crippen molar-refractivity contribution < 1.29 is 23.5 Å². The van der Waals surface area contributed by atoms with E-state index in [1.165, 1.54) is 16.5 Å². The molecule has 12 heteroatoms. The molecule has 5 heterocycles. The molecule has 0 aliphatic carbocycles. The average molecular weight is 624 g/mol. The van der Waals surface area contributed by atoms with Crippen LogP contribution in [0.3, 0.4) is 0 Å². The highest BCUT2D eigenvalue weighted by Crippen LogP contribution is 2.40. The van der Waals surface area contributed by atoms with Crippen LogP contribution in [-0.2, 0) is 4.79 Å². The molecule has 46 heavy (non-hydrogen) atoms. The molecule has 2 aliphatic rings. The fourth-order valence-electron chi connectivity index (χ4n) is 6.63. The summed E-state index contributed by atoms with van der Waals surface area (Å²) < 4.78 is 22.5. The molecule has 2 saturated heterocycles. The Hall–Kier alpha value is -5.39. The predicted octanol–water partition coefficient (Wildman–Crippen LogP) is 5.16. The van der Waals surface area contributed by atoms with Gasteiger partial charge in [-0.25, -0.2) is 14.2 Å². The number of rotatable bonds is 6. The topological polar surface area (TPSA) is 115 Å². The number of anilines is 2. The number of benzene rings is 2. The van der Waals surface area contributed by atoms with Crippen molar-refractivity contribution in [1.82, 2.24) is 24.6 Å². The highest BCUT2D eigenvalue weighted by Gasteiger charge is 2.29. The van der Waals surface area contributed by atoms with Gasteiger partial charge < -0.3 is 19.5 Å². The van der Waals surface area contributed by atoms with Crippen molar-refractivity contribution in [3.05, 3.63) is 78.0 Å². The van der Waals surface area contributed by atoms with E-state index in [0.29, 0.717) is 35.1 Å². The fourth-order valence-corrected chi connectivity index (χ4v) is 6.63. The number of imidazole rings is 1. The van der Waals surface area contributed by atoms with Crippen molar-refractivity contribution in [2.45, 2.75) is 25.2 Å². The number of carbonyl (C=O) groups is 3. The average Bonchev–Trinajstić information content (AvgIpc) is 3.71. The maximum Gasteiger partial charge on any atom is 0.329 e. The van der Waals surface area contributed by atoms with Gasteiger partial charge in [0.25, 0.3) is 5.91 Å². The van der Waals surface area contributed by atoms with Crippen LogP contribution in [0.5, 0.6) is 5.75 Å². The van der Waals surface area contributed by atoms with Crippen molar-refractivity contribution in [2.75, 3.05) is 50.6 Å². The van der Waals surface area contributed by atoms with Gasteiger partial charge in [-0.2, -0.15) is 0 Å². The van der Waals surface area contributed by atoms with Crippen molar-refractivity contribution in [3.63, 3.8) is 0 Å². The number of piperidine rings is 1. The van der Waals surface area contributed by atoms with Crippen LogP contribution < -0.4 is 19.9 Å². The summed E-state index contributed by atoms with van der Waals surface area (Å²) in [6.07, 6.45) is 5.65. The molecule has 236 valence electrons. The molecule has 0 atom stereocenters. The molecule has 0 spiro atoms. The zero-order valence-electron chi connectivity index (χ0n) is 25.8. The van der Waals surface area contributed by atoms with Gasteiger partial charge in [0.15, 0.2) is 5.65 Å². The van der Waals surface area contributed by atoms with Crippen LogP contribution in [0.2, 0.25) is 0 Å². The minimum atomic E-state index is -0.438. The summed E-state index contributed by atoms with van der Waals surface area (Å²) in [5, 5.41) is 3.00. The second-order valence-electron chi connectivity index (χ2n) is 11.9. The Morgan fingerprint density at radius 3 is 2.57 bits per heavy atom. The molecular formula is C34H34FN7O4. The number of aromatic nitrogens is 3. The molecule has 2 aromatic carbocycles. The number of hydrogen-bond donors (Lipinski definition) is 2. The number of amides is 4. The number of fused-ring (bicyclic) bond motifs is 2. The zero-order chi connectivity index (χ0) is 32.1. The summed E-state index contributed by atoms with van der Waals surface area (Å²) in [5.74, 6) is 0.705. The maximum atomic E-state index is 14.8. The Balaban J connectivity index is 1.12. The van der Waals surface area contributed by atoms with E-state index in [4.69, 9.17) is 4.74 Å². The van der Waals surface area contributed by atoms with Crippen LogP contribution in [0.1, 0.15) is 41.2 Å². The first-order valence-corrected chi connectivity index (χ1v) is 15.3. The Morgan fingerprint density at radius 1 is 1.04 bits per heavy atom. The van der Waals surface area contributed by atoms with Crippen LogP contribution in [0, 0.1) is 5.82 Å². The predicted molar refractivity (Wildman–Crippen MR) is 173 cm³/mol. The first-order chi connectivity index (χ1) is 22.2. The number of H-pyrrole nitrogens is 1. The molecule has 2 fully saturated rings. The second-order valence-corrected chi connectivity index (χ2v) is 11.9. The lowest BCUT2D eigenvalue weighted by Gasteiger charge is -2.34. The van der Waals surface area contributed by atoms with Gasteiger partial charge in [0.1, 0.15) is 23.1 Å². The van der Waals surface area contributed by atoms with Crippen LogP contribution in [-0.4, -0.2) is 78.0 Å². The van der Waals surface area contributed by atoms with Crippen LogP contribution in [0.25, 0.3) is 27.7 Å². The number of imide groups is 1. The summed E-state index contributed by atoms with van der Waals surface area (Å²) >= 11 is 0. The van der Waals surface area contributed by atoms with Crippen LogP contribution in [0.4, 0.5) is 20.7 Å². The van der Waals surface area contributed by atoms with Crippen molar-refractivity contribution >= 4 is 45.9 Å². The Labute approximate surface area is 264 Å². The number of hydrogen-bond acceptors (Lipinski definition) is 6. The van der Waals surface area contributed by atoms with Gasteiger partial charge in [-0.05, 0) is 60.2 Å². The summed E-state index contributed by atoms with van der Waals surface area (Å²) in [6.45, 7) is 1.95. The molecule has 7 rings (SSSR count). The lowest BCUT2D eigenvalue weighted by Crippen LogP contribution is -2.50. The van der Waals surface area contributed by atoms with E-state index < -0.39 is 11.8 Å². The van der Waals surface area contributed by atoms with E-state index >= 15 is 0 Å². The largest absolute Gasteiger partial charge is 0.496 e. The third-order valence-corrected chi connectivity index (χ3v) is 9.03. The Kier molecular flexibility index (Phi) is 7.34. The highest BCUT2D eigenvalue weighted by atomic mass is 19.1. The molecule has 11 nitrogen and oxygen atoms in total. The van der Waals surface area contributed by atoms with Gasteiger partial charge in [0.05, 0.1) is 24.5 Å². The molecule has 0 bridgehead atoms. The van der Waals surface area contributed by atoms with Gasteiger partial charge in [-0.3, -0.25) is 24.2 Å². The Morgan fingerprint density at radius 2 is 1.83 bits per heavy atom. The zero-order valence-corrected chi connectivity index (χ0v) is 25.8. The van der Waals surface area contributed by atoms with Crippen molar-refractivity contribution in [3.8, 4) is 16.9 Å². The van der Waals surface area contributed by atoms with E-state index in [9.17, 15) is 18.8 Å². The monoisotopic (exact) mass is 623 g/mol. The van der Waals surface area contributed by atoms with Crippen LogP contribution >= 0.6 is 0 Å². The standard InChI is InChI=1S/C34H34FN7O4/c1-39(2)33(44)26-18-24-22(8-9-25(35)31(24)37-26)23-7-6-21(17-28(23)46-3)20-10-14-40(15-11-20)27-5-4-13-41-30(19-36-32(27)41)42-16-12-29(43)38-34(42)45/h4-9,13,17-20,37H,10-12,14-16H2,1-3H3,(H,38,43,45). The summed E-state index contributed by atoms with van der Waals surface area (Å²) in [5.41, 5.74) is 5.14. The lowest BCUT2D eigenvalue weighted by molar-refractivity contribution is -0.120. The van der Waals surface area contributed by atoms with E-state index in [2.05, 4.69) is 32.3 Å². The molecule has 2 aliphatic heterocycles. The molecule has 5 aromatic rings. The second kappa shape index (κ2) is 11.5. The summed E-state index contributed by atoms with van der Waals surface area (Å²) in [7, 11) is 4.95. The number of methoxy groups -OCH3 is 1. The smallest absolute Gasteiger partial charge is 0.329 e. The molecule has 2 N–H and O–H groups in total. The normalized spacial score (nSPS) is 15.9. The number of aromatic amines is 1. The highest BCUT2D eigenvalue weighted by molar-refractivity contribution is 6.05. The van der Waals surface area contributed by atoms with E-state index in [1.54, 1.807) is 44.4 Å². The summed E-state index contributed by atoms with van der Waals surface area (Å²) in [6, 6.07) is 14.6. The molecule has 0 radical (unpaired) electrons. The number of nitrogens with one attached hydrogen (secondary N) is 2. The summed E-state index contributed by atoms with van der Waals surface area (Å²) in [4.78, 5) is 49.6. The minimum absolute atomic E-state index is 0.230. The number of ether oxygens (including phenoxy) is 1. The van der Waals surface area contributed by atoms with Crippen molar-refractivity contribution in [1.29, 1.82) is 0 Å². The third-order valence-electron chi connectivity index (χ3n) is 9.03. The number of nitrogens with zero attached hydrogens (tertiary/aromatic N) is 5. The number of carbonyl (C=O) groups excluding carboxylic acids is 3. The number of pyridine rings is 1. The van der Waals surface area contributed by atoms with Gasteiger partial charge in [0.2, 0.25) is 5.91 Å². The lowest BCUT2D eigenvalue weighted by atomic mass is 9.87. The molecular weight excluding hydrogens is 589 g/mol. The molecule has 0 unspecified atom stereocenters.